The normalized spacial score (nSPS) is 10.7. The molecule has 0 atom stereocenters. The van der Waals surface area contributed by atoms with Gasteiger partial charge in [-0.05, 0) is 36.0 Å². The molecule has 0 saturated carbocycles. The number of nitrogens with zero attached hydrogens (tertiary/aromatic N) is 2. The van der Waals surface area contributed by atoms with Crippen molar-refractivity contribution in [2.24, 2.45) is 0 Å². The van der Waals surface area contributed by atoms with Crippen LogP contribution in [0.25, 0.3) is 11.0 Å². The van der Waals surface area contributed by atoms with E-state index in [1.807, 2.05) is 30.3 Å². The van der Waals surface area contributed by atoms with Crippen molar-refractivity contribution < 1.29 is 4.79 Å². The van der Waals surface area contributed by atoms with Gasteiger partial charge in [0.05, 0.1) is 11.0 Å². The minimum atomic E-state index is 0.573. The second-order valence-corrected chi connectivity index (χ2v) is 4.72. The van der Waals surface area contributed by atoms with Gasteiger partial charge in [0.1, 0.15) is 5.03 Å². The fourth-order valence-electron chi connectivity index (χ4n) is 1.60. The summed E-state index contributed by atoms with van der Waals surface area (Å²) >= 11 is 1.44. The molecule has 0 bridgehead atoms. The van der Waals surface area contributed by atoms with E-state index in [1.54, 1.807) is 12.3 Å². The number of carbonyl (C=O) groups is 1. The molecule has 1 aromatic carbocycles. The Labute approximate surface area is 107 Å². The number of hydrogen-bond donors (Lipinski definition) is 1. The minimum Gasteiger partial charge on any atom is -0.333 e. The molecule has 18 heavy (non-hydrogen) atoms. The van der Waals surface area contributed by atoms with Crippen LogP contribution < -0.4 is 0 Å². The second-order valence-electron chi connectivity index (χ2n) is 3.71. The van der Waals surface area contributed by atoms with Crippen LogP contribution in [-0.4, -0.2) is 21.2 Å². The number of imidazole rings is 1. The predicted octanol–water partition coefficient (Wildman–Crippen LogP) is 2.92. The molecule has 0 amide bonds. The lowest BCUT2D eigenvalue weighted by Gasteiger charge is -1.96. The number of H-pyrrole nitrogens is 1. The number of benzene rings is 1. The molecule has 3 aromatic rings. The van der Waals surface area contributed by atoms with Crippen molar-refractivity contribution in [2.45, 2.75) is 10.2 Å². The van der Waals surface area contributed by atoms with Crippen LogP contribution >= 0.6 is 11.8 Å². The molecule has 4 nitrogen and oxygen atoms in total. The van der Waals surface area contributed by atoms with Crippen LogP contribution in [0.4, 0.5) is 0 Å². The highest BCUT2D eigenvalue weighted by Gasteiger charge is 2.04. The molecule has 0 saturated heterocycles. The maximum Gasteiger partial charge on any atom is 0.172 e. The van der Waals surface area contributed by atoms with E-state index in [4.69, 9.17) is 0 Å². The SMILES string of the molecule is O=Cc1ccc(Sc2nc3ccccc3[nH]2)nc1. The van der Waals surface area contributed by atoms with Gasteiger partial charge in [-0.2, -0.15) is 0 Å². The maximum atomic E-state index is 10.5. The molecular formula is C13H9N3OS. The number of pyridine rings is 1. The topological polar surface area (TPSA) is 58.6 Å². The molecule has 88 valence electrons. The molecule has 1 N–H and O–H groups in total. The van der Waals surface area contributed by atoms with Crippen molar-refractivity contribution in [1.82, 2.24) is 15.0 Å². The van der Waals surface area contributed by atoms with Crippen LogP contribution in [0.15, 0.2) is 52.8 Å². The van der Waals surface area contributed by atoms with Crippen LogP contribution in [0.3, 0.4) is 0 Å². The molecule has 2 heterocycles. The summed E-state index contributed by atoms with van der Waals surface area (Å²) in [4.78, 5) is 22.4. The molecule has 0 unspecified atom stereocenters. The van der Waals surface area contributed by atoms with Gasteiger partial charge in [0.15, 0.2) is 11.4 Å². The Hall–Kier alpha value is -2.14. The highest BCUT2D eigenvalue weighted by Crippen LogP contribution is 2.25. The number of para-hydroxylation sites is 2. The number of aromatic nitrogens is 3. The Kier molecular flexibility index (Phi) is 2.82. The fraction of sp³-hybridized carbons (Fsp3) is 0. The Bertz CT molecular complexity index is 658. The summed E-state index contributed by atoms with van der Waals surface area (Å²) in [6, 6.07) is 11.4. The molecule has 0 aliphatic carbocycles. The third kappa shape index (κ3) is 2.12. The Morgan fingerprint density at radius 1 is 1.17 bits per heavy atom. The van der Waals surface area contributed by atoms with Gasteiger partial charge in [0, 0.05) is 11.8 Å². The molecule has 0 aliphatic rings. The Morgan fingerprint density at radius 3 is 2.78 bits per heavy atom. The number of aromatic amines is 1. The minimum absolute atomic E-state index is 0.573. The summed E-state index contributed by atoms with van der Waals surface area (Å²) in [5.74, 6) is 0. The summed E-state index contributed by atoms with van der Waals surface area (Å²) in [5, 5.41) is 1.60. The van der Waals surface area contributed by atoms with Gasteiger partial charge in [-0.1, -0.05) is 12.1 Å². The standard InChI is InChI=1S/C13H9N3OS/c17-8-9-5-6-12(14-7-9)18-13-15-10-3-1-2-4-11(10)16-13/h1-8H,(H,15,16). The van der Waals surface area contributed by atoms with Gasteiger partial charge >= 0.3 is 0 Å². The zero-order valence-corrected chi connectivity index (χ0v) is 10.1. The number of carbonyl (C=O) groups excluding carboxylic acids is 1. The largest absolute Gasteiger partial charge is 0.333 e. The molecule has 2 aromatic heterocycles. The van der Waals surface area contributed by atoms with Crippen molar-refractivity contribution >= 4 is 29.1 Å². The van der Waals surface area contributed by atoms with Gasteiger partial charge in [-0.15, -0.1) is 0 Å². The Balaban J connectivity index is 1.88. The lowest BCUT2D eigenvalue weighted by molar-refractivity contribution is 0.112. The van der Waals surface area contributed by atoms with E-state index >= 15 is 0 Å². The molecule has 0 spiro atoms. The predicted molar refractivity (Wildman–Crippen MR) is 69.8 cm³/mol. The average Bonchev–Trinajstić information content (AvgIpc) is 2.82. The van der Waals surface area contributed by atoms with E-state index in [0.29, 0.717) is 5.56 Å². The number of hydrogen-bond acceptors (Lipinski definition) is 4. The van der Waals surface area contributed by atoms with Gasteiger partial charge in [0.2, 0.25) is 0 Å². The third-order valence-electron chi connectivity index (χ3n) is 2.46. The van der Waals surface area contributed by atoms with Crippen molar-refractivity contribution in [3.63, 3.8) is 0 Å². The Morgan fingerprint density at radius 2 is 2.06 bits per heavy atom. The lowest BCUT2D eigenvalue weighted by atomic mass is 10.3. The fourth-order valence-corrected chi connectivity index (χ4v) is 2.34. The highest BCUT2D eigenvalue weighted by molar-refractivity contribution is 7.99. The van der Waals surface area contributed by atoms with Crippen molar-refractivity contribution in [2.75, 3.05) is 0 Å². The summed E-state index contributed by atoms with van der Waals surface area (Å²) in [5.41, 5.74) is 2.51. The molecule has 5 heteroatoms. The number of rotatable bonds is 3. The first-order chi connectivity index (χ1) is 8.85. The van der Waals surface area contributed by atoms with Gasteiger partial charge in [-0.3, -0.25) is 4.79 Å². The molecule has 3 rings (SSSR count). The number of fused-ring (bicyclic) bond motifs is 1. The van der Waals surface area contributed by atoms with E-state index in [-0.39, 0.29) is 0 Å². The molecular weight excluding hydrogens is 246 g/mol. The van der Waals surface area contributed by atoms with Crippen molar-refractivity contribution in [3.8, 4) is 0 Å². The smallest absolute Gasteiger partial charge is 0.172 e. The van der Waals surface area contributed by atoms with Gasteiger partial charge in [0.25, 0.3) is 0 Å². The molecule has 0 fully saturated rings. The average molecular weight is 255 g/mol. The van der Waals surface area contributed by atoms with Crippen molar-refractivity contribution in [3.05, 3.63) is 48.2 Å². The number of aldehydes is 1. The summed E-state index contributed by atoms with van der Waals surface area (Å²) in [6.45, 7) is 0. The zero-order chi connectivity index (χ0) is 12.4. The van der Waals surface area contributed by atoms with Gasteiger partial charge in [-0.25, -0.2) is 9.97 Å². The van der Waals surface area contributed by atoms with Crippen LogP contribution in [-0.2, 0) is 0 Å². The summed E-state index contributed by atoms with van der Waals surface area (Å²) in [7, 11) is 0. The molecule has 0 aliphatic heterocycles. The zero-order valence-electron chi connectivity index (χ0n) is 9.33. The van der Waals surface area contributed by atoms with Crippen LogP contribution in [0.5, 0.6) is 0 Å². The quantitative estimate of drug-likeness (QED) is 0.731. The number of nitrogens with one attached hydrogen (secondary N) is 1. The van der Waals surface area contributed by atoms with E-state index in [9.17, 15) is 4.79 Å². The van der Waals surface area contributed by atoms with Gasteiger partial charge < -0.3 is 4.98 Å². The van der Waals surface area contributed by atoms with Crippen molar-refractivity contribution in [1.29, 1.82) is 0 Å². The second kappa shape index (κ2) is 4.62. The van der Waals surface area contributed by atoms with E-state index in [0.717, 1.165) is 27.5 Å². The highest BCUT2D eigenvalue weighted by atomic mass is 32.2. The van der Waals surface area contributed by atoms with Crippen LogP contribution in [0.2, 0.25) is 0 Å². The molecule has 0 radical (unpaired) electrons. The summed E-state index contributed by atoms with van der Waals surface area (Å²) in [6.07, 6.45) is 2.33. The lowest BCUT2D eigenvalue weighted by Crippen LogP contribution is -1.84. The first-order valence-corrected chi connectivity index (χ1v) is 6.20. The monoisotopic (exact) mass is 255 g/mol. The van der Waals surface area contributed by atoms with Crippen LogP contribution in [0.1, 0.15) is 10.4 Å². The maximum absolute atomic E-state index is 10.5. The summed E-state index contributed by atoms with van der Waals surface area (Å²) < 4.78 is 0. The first kappa shape index (κ1) is 11.0. The van der Waals surface area contributed by atoms with E-state index in [2.05, 4.69) is 15.0 Å². The first-order valence-electron chi connectivity index (χ1n) is 5.39. The van der Waals surface area contributed by atoms with E-state index in [1.165, 1.54) is 11.8 Å². The van der Waals surface area contributed by atoms with Crippen LogP contribution in [0, 0.1) is 0 Å². The van der Waals surface area contributed by atoms with E-state index < -0.39 is 0 Å². The third-order valence-corrected chi connectivity index (χ3v) is 3.30.